The van der Waals surface area contributed by atoms with Crippen molar-refractivity contribution in [3.05, 3.63) is 23.3 Å². The Morgan fingerprint density at radius 3 is 2.62 bits per heavy atom. The molecule has 0 atom stereocenters. The molecule has 1 amide bonds. The topological polar surface area (TPSA) is 46.3 Å². The third-order valence-electron chi connectivity index (χ3n) is 3.22. The lowest BCUT2D eigenvalue weighted by Gasteiger charge is -2.19. The molecule has 86 valence electrons. The number of benzene rings is 1. The van der Waals surface area contributed by atoms with Gasteiger partial charge in [0, 0.05) is 18.9 Å². The van der Waals surface area contributed by atoms with Crippen LogP contribution in [0.4, 0.5) is 11.4 Å². The number of carbonyl (C=O) groups excluding carboxylic acids is 1. The smallest absolute Gasteiger partial charge is 0.223 e. The molecule has 1 aliphatic heterocycles. The molecule has 0 spiro atoms. The molecule has 3 heteroatoms. The van der Waals surface area contributed by atoms with Gasteiger partial charge in [-0.2, -0.15) is 0 Å². The molecule has 1 aromatic carbocycles. The van der Waals surface area contributed by atoms with E-state index in [1.165, 1.54) is 5.56 Å². The van der Waals surface area contributed by atoms with Crippen molar-refractivity contribution in [3.8, 4) is 0 Å². The summed E-state index contributed by atoms with van der Waals surface area (Å²) in [5.41, 5.74) is 9.95. The van der Waals surface area contributed by atoms with E-state index in [4.69, 9.17) is 5.73 Å². The van der Waals surface area contributed by atoms with Gasteiger partial charge in [-0.05, 0) is 24.1 Å². The van der Waals surface area contributed by atoms with Gasteiger partial charge in [-0.1, -0.05) is 19.9 Å². The van der Waals surface area contributed by atoms with Crippen molar-refractivity contribution >= 4 is 17.3 Å². The van der Waals surface area contributed by atoms with Crippen LogP contribution in [0.25, 0.3) is 0 Å². The Hall–Kier alpha value is -1.51. The summed E-state index contributed by atoms with van der Waals surface area (Å²) in [6.45, 7) is 8.63. The monoisotopic (exact) mass is 218 g/mol. The van der Waals surface area contributed by atoms with E-state index in [-0.39, 0.29) is 11.3 Å². The Morgan fingerprint density at radius 2 is 2.06 bits per heavy atom. The fraction of sp³-hybridized carbons (Fsp3) is 0.462. The zero-order valence-electron chi connectivity index (χ0n) is 10.3. The minimum atomic E-state index is -0.0128. The van der Waals surface area contributed by atoms with E-state index in [9.17, 15) is 4.79 Å². The van der Waals surface area contributed by atoms with Gasteiger partial charge < -0.3 is 10.6 Å². The van der Waals surface area contributed by atoms with Crippen LogP contribution in [0.2, 0.25) is 0 Å². The lowest BCUT2D eigenvalue weighted by molar-refractivity contribution is -0.116. The summed E-state index contributed by atoms with van der Waals surface area (Å²) in [7, 11) is 0. The first-order valence-corrected chi connectivity index (χ1v) is 5.51. The third-order valence-corrected chi connectivity index (χ3v) is 3.22. The zero-order chi connectivity index (χ0) is 12.1. The van der Waals surface area contributed by atoms with Gasteiger partial charge in [-0.3, -0.25) is 4.79 Å². The number of nitrogens with two attached hydrogens (primary N) is 1. The van der Waals surface area contributed by atoms with Crippen LogP contribution in [0.1, 0.15) is 31.9 Å². The van der Waals surface area contributed by atoms with Gasteiger partial charge in [0.1, 0.15) is 0 Å². The van der Waals surface area contributed by atoms with Crippen molar-refractivity contribution in [2.45, 2.75) is 33.1 Å². The van der Waals surface area contributed by atoms with Gasteiger partial charge in [0.05, 0.1) is 11.4 Å². The lowest BCUT2D eigenvalue weighted by atomic mass is 9.86. The number of nitrogen functional groups attached to an aromatic ring is 1. The SMILES string of the molecule is CC(=O)N1CC(C)(C)c2cc(C)cc(N)c21. The number of hydrogen-bond acceptors (Lipinski definition) is 2. The molecule has 0 radical (unpaired) electrons. The summed E-state index contributed by atoms with van der Waals surface area (Å²) in [6.07, 6.45) is 0. The Balaban J connectivity index is 2.68. The van der Waals surface area contributed by atoms with Crippen LogP contribution in [0.5, 0.6) is 0 Å². The van der Waals surface area contributed by atoms with E-state index in [0.29, 0.717) is 12.2 Å². The lowest BCUT2D eigenvalue weighted by Crippen LogP contribution is -2.32. The van der Waals surface area contributed by atoms with Gasteiger partial charge in [-0.15, -0.1) is 0 Å². The molecule has 0 unspecified atom stereocenters. The average Bonchev–Trinajstić information content (AvgIpc) is 2.39. The number of carbonyl (C=O) groups is 1. The minimum absolute atomic E-state index is 0.0128. The number of amides is 1. The zero-order valence-corrected chi connectivity index (χ0v) is 10.3. The predicted molar refractivity (Wildman–Crippen MR) is 66.6 cm³/mol. The van der Waals surface area contributed by atoms with Crippen LogP contribution in [0, 0.1) is 6.92 Å². The molecule has 2 rings (SSSR count). The molecule has 0 saturated carbocycles. The number of nitrogens with zero attached hydrogens (tertiary/aromatic N) is 1. The Bertz CT molecular complexity index is 463. The first-order valence-electron chi connectivity index (χ1n) is 5.51. The van der Waals surface area contributed by atoms with E-state index in [1.807, 2.05) is 13.0 Å². The maximum atomic E-state index is 11.6. The van der Waals surface area contributed by atoms with E-state index in [2.05, 4.69) is 19.9 Å². The highest BCUT2D eigenvalue weighted by Crippen LogP contribution is 2.44. The molecule has 1 heterocycles. The molecule has 1 aromatic rings. The van der Waals surface area contributed by atoms with Crippen molar-refractivity contribution in [1.29, 1.82) is 0 Å². The van der Waals surface area contributed by atoms with Crippen molar-refractivity contribution < 1.29 is 4.79 Å². The van der Waals surface area contributed by atoms with Crippen LogP contribution in [-0.4, -0.2) is 12.5 Å². The third kappa shape index (κ3) is 1.47. The van der Waals surface area contributed by atoms with E-state index < -0.39 is 0 Å². The predicted octanol–water partition coefficient (Wildman–Crippen LogP) is 2.22. The molecule has 0 fully saturated rings. The standard InChI is InChI=1S/C13H18N2O/c1-8-5-10-12(11(14)6-8)15(9(2)16)7-13(10,3)4/h5-6H,7,14H2,1-4H3. The quantitative estimate of drug-likeness (QED) is 0.679. The molecule has 0 aliphatic carbocycles. The van der Waals surface area contributed by atoms with E-state index in [1.54, 1.807) is 11.8 Å². The number of aryl methyl sites for hydroxylation is 1. The highest BCUT2D eigenvalue weighted by atomic mass is 16.2. The van der Waals surface area contributed by atoms with Gasteiger partial charge in [-0.25, -0.2) is 0 Å². The Labute approximate surface area is 96.2 Å². The summed E-state index contributed by atoms with van der Waals surface area (Å²) >= 11 is 0. The second-order valence-electron chi connectivity index (χ2n) is 5.24. The van der Waals surface area contributed by atoms with E-state index in [0.717, 1.165) is 11.3 Å². The first kappa shape index (κ1) is 11.0. The van der Waals surface area contributed by atoms with Crippen LogP contribution in [-0.2, 0) is 10.2 Å². The molecular weight excluding hydrogens is 200 g/mol. The Kier molecular flexibility index (Phi) is 2.22. The van der Waals surface area contributed by atoms with Gasteiger partial charge in [0.15, 0.2) is 0 Å². The summed E-state index contributed by atoms with van der Waals surface area (Å²) in [4.78, 5) is 13.4. The molecule has 1 aliphatic rings. The van der Waals surface area contributed by atoms with Crippen molar-refractivity contribution in [2.24, 2.45) is 0 Å². The van der Waals surface area contributed by atoms with Crippen LogP contribution < -0.4 is 10.6 Å². The summed E-state index contributed by atoms with van der Waals surface area (Å²) in [5, 5.41) is 0. The summed E-state index contributed by atoms with van der Waals surface area (Å²) in [6, 6.07) is 4.06. The molecule has 0 aromatic heterocycles. The largest absolute Gasteiger partial charge is 0.397 e. The number of fused-ring (bicyclic) bond motifs is 1. The first-order chi connectivity index (χ1) is 7.33. The number of rotatable bonds is 0. The number of anilines is 2. The highest BCUT2D eigenvalue weighted by molar-refractivity contribution is 5.98. The summed E-state index contributed by atoms with van der Waals surface area (Å²) in [5.74, 6) is 0.0578. The van der Waals surface area contributed by atoms with Crippen molar-refractivity contribution in [2.75, 3.05) is 17.2 Å². The highest BCUT2D eigenvalue weighted by Gasteiger charge is 2.38. The maximum Gasteiger partial charge on any atom is 0.223 e. The Morgan fingerprint density at radius 1 is 1.44 bits per heavy atom. The molecule has 16 heavy (non-hydrogen) atoms. The van der Waals surface area contributed by atoms with Gasteiger partial charge >= 0.3 is 0 Å². The van der Waals surface area contributed by atoms with Crippen molar-refractivity contribution in [3.63, 3.8) is 0 Å². The van der Waals surface area contributed by atoms with Crippen LogP contribution in [0.3, 0.4) is 0 Å². The molecular formula is C13H18N2O. The molecule has 2 N–H and O–H groups in total. The van der Waals surface area contributed by atoms with Crippen molar-refractivity contribution in [1.82, 2.24) is 0 Å². The molecule has 0 bridgehead atoms. The molecule has 0 saturated heterocycles. The average molecular weight is 218 g/mol. The van der Waals surface area contributed by atoms with Gasteiger partial charge in [0.2, 0.25) is 5.91 Å². The minimum Gasteiger partial charge on any atom is -0.397 e. The second kappa shape index (κ2) is 3.24. The summed E-state index contributed by atoms with van der Waals surface area (Å²) < 4.78 is 0. The molecule has 3 nitrogen and oxygen atoms in total. The fourth-order valence-corrected chi connectivity index (χ4v) is 2.45. The number of hydrogen-bond donors (Lipinski definition) is 1. The van der Waals surface area contributed by atoms with Crippen LogP contribution >= 0.6 is 0 Å². The van der Waals surface area contributed by atoms with E-state index >= 15 is 0 Å². The fourth-order valence-electron chi connectivity index (χ4n) is 2.45. The van der Waals surface area contributed by atoms with Crippen LogP contribution in [0.15, 0.2) is 12.1 Å². The normalized spacial score (nSPS) is 17.4. The second-order valence-corrected chi connectivity index (χ2v) is 5.24. The maximum absolute atomic E-state index is 11.6. The van der Waals surface area contributed by atoms with Gasteiger partial charge in [0.25, 0.3) is 0 Å².